The summed E-state index contributed by atoms with van der Waals surface area (Å²) in [5, 5.41) is 3.31. The summed E-state index contributed by atoms with van der Waals surface area (Å²) in [4.78, 5) is 12.4. The van der Waals surface area contributed by atoms with Gasteiger partial charge in [-0.05, 0) is 37.6 Å². The van der Waals surface area contributed by atoms with E-state index in [0.29, 0.717) is 18.4 Å². The van der Waals surface area contributed by atoms with Gasteiger partial charge in [-0.25, -0.2) is 0 Å². The van der Waals surface area contributed by atoms with Crippen LogP contribution in [0.3, 0.4) is 0 Å². The van der Waals surface area contributed by atoms with Gasteiger partial charge in [0.2, 0.25) is 0 Å². The molecule has 0 radical (unpaired) electrons. The van der Waals surface area contributed by atoms with Gasteiger partial charge in [-0.1, -0.05) is 33.1 Å². The molecule has 3 heteroatoms. The minimum absolute atomic E-state index is 0.0353. The van der Waals surface area contributed by atoms with Crippen molar-refractivity contribution in [2.45, 2.75) is 52.4 Å². The van der Waals surface area contributed by atoms with Gasteiger partial charge in [0.25, 0.3) is 0 Å². The Kier molecular flexibility index (Phi) is 4.66. The summed E-state index contributed by atoms with van der Waals surface area (Å²) in [6.45, 7) is 6.64. The third-order valence-corrected chi connectivity index (χ3v) is 4.87. The molecule has 2 aliphatic rings. The predicted octanol–water partition coefficient (Wildman–Crippen LogP) is 2.75. The van der Waals surface area contributed by atoms with Gasteiger partial charge < -0.3 is 10.1 Å². The topological polar surface area (TPSA) is 38.3 Å². The normalized spacial score (nSPS) is 29.7. The standard InChI is InChI=1S/C15H27NO2/c1-12(2)15(8-9-16-11-15)14(17)18-10-13-6-4-3-5-7-13/h12-13,16H,3-11H2,1-2H3. The Bertz CT molecular complexity index is 276. The lowest BCUT2D eigenvalue weighted by atomic mass is 9.76. The summed E-state index contributed by atoms with van der Waals surface area (Å²) in [5.41, 5.74) is -0.269. The number of hydrogen-bond acceptors (Lipinski definition) is 3. The first-order valence-electron chi connectivity index (χ1n) is 7.53. The van der Waals surface area contributed by atoms with Gasteiger partial charge in [-0.15, -0.1) is 0 Å². The monoisotopic (exact) mass is 253 g/mol. The molecule has 0 spiro atoms. The fourth-order valence-electron chi connectivity index (χ4n) is 3.31. The van der Waals surface area contributed by atoms with Crippen molar-refractivity contribution in [2.24, 2.45) is 17.3 Å². The quantitative estimate of drug-likeness (QED) is 0.783. The van der Waals surface area contributed by atoms with Crippen molar-refractivity contribution in [2.75, 3.05) is 19.7 Å². The Morgan fingerprint density at radius 2 is 2.06 bits per heavy atom. The Morgan fingerprint density at radius 1 is 1.33 bits per heavy atom. The fourth-order valence-corrected chi connectivity index (χ4v) is 3.31. The summed E-state index contributed by atoms with van der Waals surface area (Å²) in [6.07, 6.45) is 7.36. The highest BCUT2D eigenvalue weighted by molar-refractivity contribution is 5.78. The lowest BCUT2D eigenvalue weighted by molar-refractivity contribution is -0.159. The summed E-state index contributed by atoms with van der Waals surface area (Å²) < 4.78 is 5.65. The molecule has 18 heavy (non-hydrogen) atoms. The van der Waals surface area contributed by atoms with Crippen LogP contribution in [0, 0.1) is 17.3 Å². The molecule has 1 atom stereocenters. The van der Waals surface area contributed by atoms with Crippen molar-refractivity contribution in [3.8, 4) is 0 Å². The van der Waals surface area contributed by atoms with Crippen molar-refractivity contribution in [3.63, 3.8) is 0 Å². The maximum Gasteiger partial charge on any atom is 0.313 e. The van der Waals surface area contributed by atoms with Crippen molar-refractivity contribution in [3.05, 3.63) is 0 Å². The van der Waals surface area contributed by atoms with Crippen molar-refractivity contribution in [1.82, 2.24) is 5.32 Å². The van der Waals surface area contributed by atoms with Gasteiger partial charge in [-0.2, -0.15) is 0 Å². The van der Waals surface area contributed by atoms with E-state index in [9.17, 15) is 4.79 Å². The Labute approximate surface area is 111 Å². The smallest absolute Gasteiger partial charge is 0.313 e. The molecule has 2 fully saturated rings. The highest BCUT2D eigenvalue weighted by Crippen LogP contribution is 2.36. The molecule has 104 valence electrons. The van der Waals surface area contributed by atoms with Gasteiger partial charge in [-0.3, -0.25) is 4.79 Å². The van der Waals surface area contributed by atoms with Crippen LogP contribution in [0.2, 0.25) is 0 Å². The second-order valence-corrected chi connectivity index (χ2v) is 6.34. The number of carbonyl (C=O) groups excluding carboxylic acids is 1. The first kappa shape index (κ1) is 13.9. The highest BCUT2D eigenvalue weighted by Gasteiger charge is 2.45. The van der Waals surface area contributed by atoms with E-state index < -0.39 is 0 Å². The summed E-state index contributed by atoms with van der Waals surface area (Å²) >= 11 is 0. The van der Waals surface area contributed by atoms with Crippen LogP contribution >= 0.6 is 0 Å². The molecule has 0 bridgehead atoms. The average Bonchev–Trinajstić information content (AvgIpc) is 2.88. The maximum atomic E-state index is 12.4. The predicted molar refractivity (Wildman–Crippen MR) is 72.3 cm³/mol. The minimum Gasteiger partial charge on any atom is -0.465 e. The van der Waals surface area contributed by atoms with Crippen LogP contribution in [-0.2, 0) is 9.53 Å². The summed E-state index contributed by atoms with van der Waals surface area (Å²) in [7, 11) is 0. The van der Waals surface area contributed by atoms with Crippen molar-refractivity contribution < 1.29 is 9.53 Å². The maximum absolute atomic E-state index is 12.4. The van der Waals surface area contributed by atoms with E-state index in [2.05, 4.69) is 19.2 Å². The molecule has 0 aromatic rings. The second kappa shape index (κ2) is 6.05. The summed E-state index contributed by atoms with van der Waals surface area (Å²) in [6, 6.07) is 0. The van der Waals surface area contributed by atoms with E-state index in [1.807, 2.05) is 0 Å². The number of hydrogen-bond donors (Lipinski definition) is 1. The largest absolute Gasteiger partial charge is 0.465 e. The molecule has 2 rings (SSSR count). The molecule has 1 unspecified atom stereocenters. The number of esters is 1. The number of nitrogens with one attached hydrogen (secondary N) is 1. The lowest BCUT2D eigenvalue weighted by Crippen LogP contribution is -2.40. The SMILES string of the molecule is CC(C)C1(C(=O)OCC2CCCCC2)CCNC1. The molecule has 0 amide bonds. The molecule has 0 aromatic carbocycles. The summed E-state index contributed by atoms with van der Waals surface area (Å²) in [5.74, 6) is 1.00. The van der Waals surface area contributed by atoms with E-state index in [0.717, 1.165) is 19.5 Å². The first-order chi connectivity index (χ1) is 8.65. The number of carbonyl (C=O) groups is 1. The molecule has 1 saturated heterocycles. The van der Waals surface area contributed by atoms with Crippen LogP contribution in [0.15, 0.2) is 0 Å². The van der Waals surface area contributed by atoms with Crippen molar-refractivity contribution in [1.29, 1.82) is 0 Å². The zero-order valence-electron chi connectivity index (χ0n) is 11.8. The highest BCUT2D eigenvalue weighted by atomic mass is 16.5. The van der Waals surface area contributed by atoms with Crippen LogP contribution in [0.4, 0.5) is 0 Å². The molecule has 1 aliphatic carbocycles. The van der Waals surface area contributed by atoms with E-state index in [1.54, 1.807) is 0 Å². The lowest BCUT2D eigenvalue weighted by Gasteiger charge is -2.31. The van der Waals surface area contributed by atoms with Gasteiger partial charge in [0.1, 0.15) is 0 Å². The van der Waals surface area contributed by atoms with Gasteiger partial charge in [0, 0.05) is 6.54 Å². The molecular formula is C15H27NO2. The minimum atomic E-state index is -0.269. The number of rotatable bonds is 4. The Balaban J connectivity index is 1.85. The number of ether oxygens (including phenoxy) is 1. The second-order valence-electron chi connectivity index (χ2n) is 6.34. The molecule has 1 aliphatic heterocycles. The third kappa shape index (κ3) is 2.87. The van der Waals surface area contributed by atoms with Crippen LogP contribution < -0.4 is 5.32 Å². The Morgan fingerprint density at radius 3 is 2.61 bits per heavy atom. The Hall–Kier alpha value is -0.570. The van der Waals surface area contributed by atoms with Crippen LogP contribution in [0.1, 0.15) is 52.4 Å². The molecule has 0 aromatic heterocycles. The van der Waals surface area contributed by atoms with E-state index in [1.165, 1.54) is 32.1 Å². The van der Waals surface area contributed by atoms with Gasteiger partial charge in [0.15, 0.2) is 0 Å². The van der Waals surface area contributed by atoms with Crippen molar-refractivity contribution >= 4 is 5.97 Å². The van der Waals surface area contributed by atoms with Crippen LogP contribution in [0.5, 0.6) is 0 Å². The zero-order valence-corrected chi connectivity index (χ0v) is 11.8. The van der Waals surface area contributed by atoms with Crippen LogP contribution in [-0.4, -0.2) is 25.7 Å². The third-order valence-electron chi connectivity index (χ3n) is 4.87. The van der Waals surface area contributed by atoms with E-state index in [-0.39, 0.29) is 11.4 Å². The van der Waals surface area contributed by atoms with Gasteiger partial charge in [0.05, 0.1) is 12.0 Å². The zero-order chi connectivity index (χ0) is 13.0. The van der Waals surface area contributed by atoms with E-state index >= 15 is 0 Å². The molecule has 3 nitrogen and oxygen atoms in total. The molecular weight excluding hydrogens is 226 g/mol. The molecule has 1 saturated carbocycles. The van der Waals surface area contributed by atoms with Gasteiger partial charge >= 0.3 is 5.97 Å². The molecule has 1 heterocycles. The molecule has 1 N–H and O–H groups in total. The van der Waals surface area contributed by atoms with E-state index in [4.69, 9.17) is 4.74 Å². The van der Waals surface area contributed by atoms with Crippen LogP contribution in [0.25, 0.3) is 0 Å². The first-order valence-corrected chi connectivity index (χ1v) is 7.53. The fraction of sp³-hybridized carbons (Fsp3) is 0.933. The average molecular weight is 253 g/mol.